The summed E-state index contributed by atoms with van der Waals surface area (Å²) in [6, 6.07) is 0. The van der Waals surface area contributed by atoms with E-state index in [0.717, 1.165) is 0 Å². The van der Waals surface area contributed by atoms with Gasteiger partial charge < -0.3 is 0 Å². The molecule has 0 aromatic carbocycles. The molecule has 60 valence electrons. The molecule has 0 aromatic heterocycles. The van der Waals surface area contributed by atoms with Crippen molar-refractivity contribution in [3.63, 3.8) is 0 Å². The minimum atomic E-state index is 1.17. The van der Waals surface area contributed by atoms with E-state index in [2.05, 4.69) is 22.7 Å². The van der Waals surface area contributed by atoms with Gasteiger partial charge >= 0.3 is 0 Å². The van der Waals surface area contributed by atoms with E-state index >= 15 is 0 Å². The van der Waals surface area contributed by atoms with Gasteiger partial charge in [-0.1, -0.05) is 23.9 Å². The van der Waals surface area contributed by atoms with Gasteiger partial charge in [0.1, 0.15) is 0 Å². The highest BCUT2D eigenvalue weighted by Gasteiger charge is 2.06. The molecule has 0 bridgehead atoms. The summed E-state index contributed by atoms with van der Waals surface area (Å²) in [5.74, 6) is 2.48. The van der Waals surface area contributed by atoms with Crippen LogP contribution in [0.15, 0.2) is 0 Å². The Labute approximate surface area is 71.6 Å². The van der Waals surface area contributed by atoms with E-state index in [4.69, 9.17) is 0 Å². The highest BCUT2D eigenvalue weighted by atomic mass is 32.2. The van der Waals surface area contributed by atoms with Crippen molar-refractivity contribution in [2.24, 2.45) is 0 Å². The average Bonchev–Trinajstić information content (AvgIpc) is 1.90. The van der Waals surface area contributed by atoms with Gasteiger partial charge in [0.25, 0.3) is 0 Å². The highest BCUT2D eigenvalue weighted by molar-refractivity contribution is 8.00. The van der Waals surface area contributed by atoms with Crippen LogP contribution in [0.3, 0.4) is 0 Å². The standard InChI is InChI=1S/C6H14N2S2/c1-7-3-4-8(2)10-6-5-9-7/h3-6H2,1-2H3. The molecule has 1 rings (SSSR count). The molecular formula is C6H14N2S2. The predicted octanol–water partition coefficient (Wildman–Crippen LogP) is 1.16. The third-order valence-corrected chi connectivity index (χ3v) is 3.71. The molecular weight excluding hydrogens is 164 g/mol. The summed E-state index contributed by atoms with van der Waals surface area (Å²) in [6.45, 7) is 2.35. The fourth-order valence-corrected chi connectivity index (χ4v) is 2.44. The Morgan fingerprint density at radius 2 is 1.30 bits per heavy atom. The number of hydrogen-bond donors (Lipinski definition) is 0. The van der Waals surface area contributed by atoms with E-state index in [1.54, 1.807) is 0 Å². The van der Waals surface area contributed by atoms with Gasteiger partial charge in [0.15, 0.2) is 0 Å². The number of rotatable bonds is 0. The third kappa shape index (κ3) is 3.14. The fraction of sp³-hybridized carbons (Fsp3) is 1.00. The predicted molar refractivity (Wildman–Crippen MR) is 50.2 cm³/mol. The molecule has 1 aliphatic heterocycles. The van der Waals surface area contributed by atoms with Gasteiger partial charge in [0.05, 0.1) is 0 Å². The van der Waals surface area contributed by atoms with Gasteiger partial charge in [-0.3, -0.25) is 8.61 Å². The van der Waals surface area contributed by atoms with Gasteiger partial charge in [-0.15, -0.1) is 0 Å². The summed E-state index contributed by atoms with van der Waals surface area (Å²) < 4.78 is 4.63. The molecule has 0 unspecified atom stereocenters. The molecule has 0 atom stereocenters. The van der Waals surface area contributed by atoms with E-state index in [9.17, 15) is 0 Å². The van der Waals surface area contributed by atoms with Gasteiger partial charge in [-0.05, 0) is 14.1 Å². The summed E-state index contributed by atoms with van der Waals surface area (Å²) in [5.41, 5.74) is 0. The monoisotopic (exact) mass is 178 g/mol. The van der Waals surface area contributed by atoms with Crippen molar-refractivity contribution >= 4 is 23.9 Å². The van der Waals surface area contributed by atoms with Crippen LogP contribution in [0.1, 0.15) is 0 Å². The van der Waals surface area contributed by atoms with Crippen LogP contribution in [0.25, 0.3) is 0 Å². The van der Waals surface area contributed by atoms with Crippen molar-refractivity contribution in [2.75, 3.05) is 38.7 Å². The normalized spacial score (nSPS) is 25.8. The minimum Gasteiger partial charge on any atom is -0.252 e. The van der Waals surface area contributed by atoms with E-state index in [-0.39, 0.29) is 0 Å². The lowest BCUT2D eigenvalue weighted by atomic mass is 10.6. The van der Waals surface area contributed by atoms with Crippen LogP contribution in [0.2, 0.25) is 0 Å². The van der Waals surface area contributed by atoms with Crippen molar-refractivity contribution in [2.45, 2.75) is 0 Å². The van der Waals surface area contributed by atoms with Crippen LogP contribution in [0.4, 0.5) is 0 Å². The molecule has 1 fully saturated rings. The first kappa shape index (κ1) is 8.71. The molecule has 1 saturated heterocycles. The van der Waals surface area contributed by atoms with Crippen molar-refractivity contribution in [3.8, 4) is 0 Å². The van der Waals surface area contributed by atoms with Gasteiger partial charge in [-0.2, -0.15) is 0 Å². The lowest BCUT2D eigenvalue weighted by molar-refractivity contribution is 0.468. The van der Waals surface area contributed by atoms with Crippen LogP contribution < -0.4 is 0 Å². The second-order valence-electron chi connectivity index (χ2n) is 2.37. The summed E-state index contributed by atoms with van der Waals surface area (Å²) in [5, 5.41) is 0. The first-order valence-electron chi connectivity index (χ1n) is 3.47. The first-order valence-corrected chi connectivity index (χ1v) is 5.35. The Morgan fingerprint density at radius 3 is 1.70 bits per heavy atom. The maximum absolute atomic E-state index is 2.32. The second kappa shape index (κ2) is 4.49. The zero-order valence-electron chi connectivity index (χ0n) is 6.54. The summed E-state index contributed by atoms with van der Waals surface area (Å²) in [6.07, 6.45) is 0. The van der Waals surface area contributed by atoms with Gasteiger partial charge in [-0.25, -0.2) is 0 Å². The van der Waals surface area contributed by atoms with Crippen molar-refractivity contribution in [3.05, 3.63) is 0 Å². The van der Waals surface area contributed by atoms with E-state index in [1.165, 1.54) is 24.6 Å². The van der Waals surface area contributed by atoms with E-state index in [0.29, 0.717) is 0 Å². The molecule has 0 aromatic rings. The summed E-state index contributed by atoms with van der Waals surface area (Å²) in [4.78, 5) is 0. The maximum Gasteiger partial charge on any atom is 0.0223 e. The van der Waals surface area contributed by atoms with Crippen LogP contribution in [0, 0.1) is 0 Å². The van der Waals surface area contributed by atoms with E-state index in [1.807, 2.05) is 23.9 Å². The van der Waals surface area contributed by atoms with E-state index < -0.39 is 0 Å². The fourth-order valence-electron chi connectivity index (χ4n) is 0.797. The lowest BCUT2D eigenvalue weighted by Crippen LogP contribution is -2.26. The Morgan fingerprint density at radius 1 is 0.900 bits per heavy atom. The van der Waals surface area contributed by atoms with Crippen LogP contribution in [0.5, 0.6) is 0 Å². The topological polar surface area (TPSA) is 6.48 Å². The minimum absolute atomic E-state index is 1.17. The zero-order valence-corrected chi connectivity index (χ0v) is 8.17. The second-order valence-corrected chi connectivity index (χ2v) is 4.95. The quantitative estimate of drug-likeness (QED) is 0.513. The molecule has 1 aliphatic rings. The molecule has 4 heteroatoms. The molecule has 0 N–H and O–H groups in total. The summed E-state index contributed by atoms with van der Waals surface area (Å²) in [7, 11) is 4.32. The SMILES string of the molecule is CN1CCN(C)SCCS1. The largest absolute Gasteiger partial charge is 0.252 e. The molecule has 0 amide bonds. The highest BCUT2D eigenvalue weighted by Crippen LogP contribution is 2.16. The molecule has 0 spiro atoms. The van der Waals surface area contributed by atoms with Crippen molar-refractivity contribution in [1.29, 1.82) is 0 Å². The third-order valence-electron chi connectivity index (χ3n) is 1.44. The first-order chi connectivity index (χ1) is 4.79. The van der Waals surface area contributed by atoms with Crippen molar-refractivity contribution < 1.29 is 0 Å². The van der Waals surface area contributed by atoms with Crippen LogP contribution in [-0.4, -0.2) is 47.3 Å². The number of hydrogen-bond acceptors (Lipinski definition) is 4. The molecule has 2 nitrogen and oxygen atoms in total. The average molecular weight is 178 g/mol. The Hall–Kier alpha value is 0.620. The Balaban J connectivity index is 2.23. The maximum atomic E-state index is 2.32. The lowest BCUT2D eigenvalue weighted by Gasteiger charge is -2.23. The molecule has 0 saturated carbocycles. The Bertz CT molecular complexity index is 87.7. The van der Waals surface area contributed by atoms with Gasteiger partial charge in [0, 0.05) is 24.6 Å². The Kier molecular flexibility index (Phi) is 3.91. The summed E-state index contributed by atoms with van der Waals surface area (Å²) >= 11 is 3.88. The molecule has 10 heavy (non-hydrogen) atoms. The van der Waals surface area contributed by atoms with Crippen LogP contribution >= 0.6 is 23.9 Å². The smallest absolute Gasteiger partial charge is 0.0223 e. The number of nitrogens with zero attached hydrogens (tertiary/aromatic N) is 2. The van der Waals surface area contributed by atoms with Gasteiger partial charge in [0.2, 0.25) is 0 Å². The molecule has 0 radical (unpaired) electrons. The zero-order chi connectivity index (χ0) is 7.40. The van der Waals surface area contributed by atoms with Crippen LogP contribution in [-0.2, 0) is 0 Å². The molecule has 0 aliphatic carbocycles. The van der Waals surface area contributed by atoms with Crippen molar-refractivity contribution in [1.82, 2.24) is 8.61 Å². The number of likely N-dealkylation sites (N-methyl/N-ethyl adjacent to an activating group) is 2. The molecule has 1 heterocycles.